The Hall–Kier alpha value is -0.860. The summed E-state index contributed by atoms with van der Waals surface area (Å²) in [4.78, 5) is 2.61. The molecular weight excluding hydrogens is 244 g/mol. The summed E-state index contributed by atoms with van der Waals surface area (Å²) in [5.41, 5.74) is 1.42. The van der Waals surface area contributed by atoms with Gasteiger partial charge < -0.3 is 5.32 Å². The predicted octanol–water partition coefficient (Wildman–Crippen LogP) is 4.09. The average molecular weight is 276 g/mol. The van der Waals surface area contributed by atoms with Crippen molar-refractivity contribution in [2.75, 3.05) is 19.6 Å². The Labute approximate surface area is 125 Å². The van der Waals surface area contributed by atoms with Gasteiger partial charge in [0.15, 0.2) is 0 Å². The fourth-order valence-electron chi connectivity index (χ4n) is 2.64. The molecule has 2 heteroatoms. The van der Waals surface area contributed by atoms with Gasteiger partial charge in [-0.1, -0.05) is 51.1 Å². The zero-order valence-corrected chi connectivity index (χ0v) is 13.9. The number of rotatable bonds is 9. The Morgan fingerprint density at radius 3 is 2.15 bits per heavy atom. The fraction of sp³-hybridized carbons (Fsp3) is 0.667. The van der Waals surface area contributed by atoms with Crippen LogP contribution >= 0.6 is 0 Å². The van der Waals surface area contributed by atoms with E-state index < -0.39 is 0 Å². The molecule has 0 aliphatic heterocycles. The van der Waals surface area contributed by atoms with Crippen LogP contribution in [0, 0.1) is 5.92 Å². The molecule has 1 N–H and O–H groups in total. The van der Waals surface area contributed by atoms with E-state index in [1.54, 1.807) is 0 Å². The smallest absolute Gasteiger partial charge is 0.0475 e. The second-order valence-electron chi connectivity index (χ2n) is 6.31. The van der Waals surface area contributed by atoms with Crippen LogP contribution in [0.25, 0.3) is 0 Å². The molecule has 0 aromatic heterocycles. The van der Waals surface area contributed by atoms with Crippen molar-refractivity contribution in [2.24, 2.45) is 5.92 Å². The summed E-state index contributed by atoms with van der Waals surface area (Å²) < 4.78 is 0. The number of nitrogens with zero attached hydrogens (tertiary/aromatic N) is 1. The van der Waals surface area contributed by atoms with Gasteiger partial charge in [-0.3, -0.25) is 4.90 Å². The number of nitrogens with one attached hydrogen (secondary N) is 1. The predicted molar refractivity (Wildman–Crippen MR) is 89.0 cm³/mol. The van der Waals surface area contributed by atoms with E-state index in [1.807, 2.05) is 0 Å². The quantitative estimate of drug-likeness (QED) is 0.730. The third kappa shape index (κ3) is 5.64. The molecule has 0 aliphatic rings. The molecular formula is C18H32N2. The Morgan fingerprint density at radius 1 is 1.00 bits per heavy atom. The van der Waals surface area contributed by atoms with Crippen molar-refractivity contribution in [3.63, 3.8) is 0 Å². The van der Waals surface area contributed by atoms with Crippen LogP contribution in [0.1, 0.15) is 52.6 Å². The lowest BCUT2D eigenvalue weighted by molar-refractivity contribution is 0.149. The van der Waals surface area contributed by atoms with Gasteiger partial charge in [0.2, 0.25) is 0 Å². The van der Waals surface area contributed by atoms with Crippen LogP contribution in [-0.4, -0.2) is 30.6 Å². The molecule has 0 saturated heterocycles. The Balaban J connectivity index is 2.82. The first-order chi connectivity index (χ1) is 9.56. The molecule has 0 amide bonds. The molecule has 114 valence electrons. The minimum Gasteiger partial charge on any atom is -0.315 e. The SMILES string of the molecule is CCCN(C(C)C)C(CNCC(C)C)c1ccccc1. The molecule has 1 rings (SSSR count). The molecule has 1 atom stereocenters. The highest BCUT2D eigenvalue weighted by molar-refractivity contribution is 5.19. The third-order valence-electron chi connectivity index (χ3n) is 3.62. The fourth-order valence-corrected chi connectivity index (χ4v) is 2.64. The summed E-state index contributed by atoms with van der Waals surface area (Å²) in [6.45, 7) is 14.6. The summed E-state index contributed by atoms with van der Waals surface area (Å²) in [6, 6.07) is 11.9. The maximum atomic E-state index is 3.64. The molecule has 0 fully saturated rings. The van der Waals surface area contributed by atoms with Crippen molar-refractivity contribution in [3.8, 4) is 0 Å². The molecule has 1 aromatic rings. The zero-order chi connectivity index (χ0) is 15.0. The minimum atomic E-state index is 0.467. The number of benzene rings is 1. The maximum Gasteiger partial charge on any atom is 0.0475 e. The lowest BCUT2D eigenvalue weighted by atomic mass is 10.0. The van der Waals surface area contributed by atoms with Gasteiger partial charge in [-0.15, -0.1) is 0 Å². The maximum absolute atomic E-state index is 3.64. The van der Waals surface area contributed by atoms with Crippen LogP contribution < -0.4 is 5.32 Å². The summed E-state index contributed by atoms with van der Waals surface area (Å²) >= 11 is 0. The van der Waals surface area contributed by atoms with Gasteiger partial charge >= 0.3 is 0 Å². The molecule has 2 nitrogen and oxygen atoms in total. The van der Waals surface area contributed by atoms with Crippen LogP contribution in [0.5, 0.6) is 0 Å². The monoisotopic (exact) mass is 276 g/mol. The van der Waals surface area contributed by atoms with E-state index in [0.717, 1.165) is 19.6 Å². The van der Waals surface area contributed by atoms with Crippen LogP contribution in [0.3, 0.4) is 0 Å². The minimum absolute atomic E-state index is 0.467. The van der Waals surface area contributed by atoms with Gasteiger partial charge in [-0.25, -0.2) is 0 Å². The van der Waals surface area contributed by atoms with Gasteiger partial charge in [0.25, 0.3) is 0 Å². The van der Waals surface area contributed by atoms with E-state index in [2.05, 4.69) is 75.2 Å². The Morgan fingerprint density at radius 2 is 1.65 bits per heavy atom. The highest BCUT2D eigenvalue weighted by Crippen LogP contribution is 2.22. The van der Waals surface area contributed by atoms with Gasteiger partial charge in [-0.05, 0) is 44.8 Å². The second-order valence-corrected chi connectivity index (χ2v) is 6.31. The molecule has 20 heavy (non-hydrogen) atoms. The number of hydrogen-bond donors (Lipinski definition) is 1. The lowest BCUT2D eigenvalue weighted by Gasteiger charge is -2.35. The Bertz CT molecular complexity index is 346. The molecule has 0 aliphatic carbocycles. The van der Waals surface area contributed by atoms with Gasteiger partial charge in [-0.2, -0.15) is 0 Å². The normalized spacial score (nSPS) is 13.4. The van der Waals surface area contributed by atoms with E-state index in [4.69, 9.17) is 0 Å². The van der Waals surface area contributed by atoms with Crippen molar-refractivity contribution in [2.45, 2.75) is 53.1 Å². The van der Waals surface area contributed by atoms with Crippen molar-refractivity contribution in [3.05, 3.63) is 35.9 Å². The van der Waals surface area contributed by atoms with Crippen molar-refractivity contribution >= 4 is 0 Å². The highest BCUT2D eigenvalue weighted by atomic mass is 15.2. The third-order valence-corrected chi connectivity index (χ3v) is 3.62. The first kappa shape index (κ1) is 17.2. The topological polar surface area (TPSA) is 15.3 Å². The van der Waals surface area contributed by atoms with E-state index >= 15 is 0 Å². The summed E-state index contributed by atoms with van der Waals surface area (Å²) in [5, 5.41) is 3.64. The van der Waals surface area contributed by atoms with Crippen LogP contribution in [-0.2, 0) is 0 Å². The van der Waals surface area contributed by atoms with Gasteiger partial charge in [0, 0.05) is 18.6 Å². The van der Waals surface area contributed by atoms with Gasteiger partial charge in [0.1, 0.15) is 0 Å². The van der Waals surface area contributed by atoms with E-state index in [0.29, 0.717) is 18.0 Å². The van der Waals surface area contributed by atoms with E-state index in [1.165, 1.54) is 12.0 Å². The summed E-state index contributed by atoms with van der Waals surface area (Å²) in [5.74, 6) is 0.699. The zero-order valence-electron chi connectivity index (χ0n) is 13.9. The molecule has 0 heterocycles. The van der Waals surface area contributed by atoms with Crippen molar-refractivity contribution in [1.29, 1.82) is 0 Å². The van der Waals surface area contributed by atoms with Crippen LogP contribution in [0.15, 0.2) is 30.3 Å². The van der Waals surface area contributed by atoms with Crippen molar-refractivity contribution in [1.82, 2.24) is 10.2 Å². The molecule has 0 spiro atoms. The summed E-state index contributed by atoms with van der Waals surface area (Å²) in [6.07, 6.45) is 1.20. The van der Waals surface area contributed by atoms with Crippen LogP contribution in [0.2, 0.25) is 0 Å². The summed E-state index contributed by atoms with van der Waals surface area (Å²) in [7, 11) is 0. The highest BCUT2D eigenvalue weighted by Gasteiger charge is 2.21. The first-order valence-corrected chi connectivity index (χ1v) is 8.07. The lowest BCUT2D eigenvalue weighted by Crippen LogP contribution is -2.41. The molecule has 0 radical (unpaired) electrons. The Kier molecular flexibility index (Phi) is 7.86. The largest absolute Gasteiger partial charge is 0.315 e. The molecule has 0 bridgehead atoms. The molecule has 1 unspecified atom stereocenters. The van der Waals surface area contributed by atoms with Gasteiger partial charge in [0.05, 0.1) is 0 Å². The number of hydrogen-bond acceptors (Lipinski definition) is 2. The molecule has 0 saturated carbocycles. The molecule has 1 aromatic carbocycles. The van der Waals surface area contributed by atoms with E-state index in [9.17, 15) is 0 Å². The van der Waals surface area contributed by atoms with Crippen LogP contribution in [0.4, 0.5) is 0 Å². The second kappa shape index (κ2) is 9.15. The average Bonchev–Trinajstić information content (AvgIpc) is 2.42. The van der Waals surface area contributed by atoms with E-state index in [-0.39, 0.29) is 0 Å². The standard InChI is InChI=1S/C18H32N2/c1-6-12-20(16(4)5)18(14-19-13-15(2)3)17-10-8-7-9-11-17/h7-11,15-16,18-19H,6,12-14H2,1-5H3. The van der Waals surface area contributed by atoms with Crippen molar-refractivity contribution < 1.29 is 0 Å². The first-order valence-electron chi connectivity index (χ1n) is 8.07.